The van der Waals surface area contributed by atoms with Crippen molar-refractivity contribution in [1.82, 2.24) is 4.90 Å². The molecule has 2 atom stereocenters. The van der Waals surface area contributed by atoms with E-state index in [1.165, 1.54) is 0 Å². The number of ether oxygens (including phenoxy) is 1. The summed E-state index contributed by atoms with van der Waals surface area (Å²) in [6.45, 7) is 7.24. The third kappa shape index (κ3) is 6.20. The van der Waals surface area contributed by atoms with Crippen molar-refractivity contribution in [3.63, 3.8) is 0 Å². The van der Waals surface area contributed by atoms with Gasteiger partial charge in [0.05, 0.1) is 12.7 Å². The Labute approximate surface area is 111 Å². The first-order chi connectivity index (χ1) is 7.49. The number of halogens is 1. The van der Waals surface area contributed by atoms with E-state index in [9.17, 15) is 4.79 Å². The van der Waals surface area contributed by atoms with Gasteiger partial charge < -0.3 is 9.64 Å². The number of hydrogen-bond acceptors (Lipinski definition) is 3. The molecule has 0 heterocycles. The minimum atomic E-state index is 0. The summed E-state index contributed by atoms with van der Waals surface area (Å²) in [5.74, 6) is 0.544. The average molecular weight is 262 g/mol. The zero-order chi connectivity index (χ0) is 12.1. The van der Waals surface area contributed by atoms with E-state index in [2.05, 4.69) is 11.5 Å². The van der Waals surface area contributed by atoms with Crippen LogP contribution in [0.5, 0.6) is 0 Å². The average Bonchev–Trinajstić information content (AvgIpc) is 2.18. The summed E-state index contributed by atoms with van der Waals surface area (Å²) in [5, 5.41) is 0. The third-order valence-electron chi connectivity index (χ3n) is 2.87. The lowest BCUT2D eigenvalue weighted by atomic mass is 9.85. The Kier molecular flexibility index (Phi) is 7.68. The number of Topliss-reactive ketones (excluding diaryl/α,β-unsaturated/α-hetero) is 1. The Morgan fingerprint density at radius 3 is 2.71 bits per heavy atom. The lowest BCUT2D eigenvalue weighted by Crippen LogP contribution is -2.36. The highest BCUT2D eigenvalue weighted by Gasteiger charge is 2.29. The molecule has 0 aromatic rings. The van der Waals surface area contributed by atoms with Gasteiger partial charge in [0.2, 0.25) is 0 Å². The van der Waals surface area contributed by atoms with Gasteiger partial charge in [-0.15, -0.1) is 12.4 Å². The van der Waals surface area contributed by atoms with Gasteiger partial charge in [-0.05, 0) is 33.9 Å². The summed E-state index contributed by atoms with van der Waals surface area (Å²) in [5.41, 5.74) is 1.04. The molecule has 0 N–H and O–H groups in total. The quantitative estimate of drug-likeness (QED) is 0.712. The second-order valence-electron chi connectivity index (χ2n) is 5.09. The zero-order valence-electron chi connectivity index (χ0n) is 11.1. The van der Waals surface area contributed by atoms with Crippen molar-refractivity contribution in [2.45, 2.75) is 32.3 Å². The van der Waals surface area contributed by atoms with Crippen LogP contribution in [0.4, 0.5) is 0 Å². The summed E-state index contributed by atoms with van der Waals surface area (Å²) < 4.78 is 5.73. The van der Waals surface area contributed by atoms with Gasteiger partial charge >= 0.3 is 0 Å². The fourth-order valence-corrected chi connectivity index (χ4v) is 2.10. The molecule has 1 rings (SSSR count). The smallest absolute Gasteiger partial charge is 0.137 e. The van der Waals surface area contributed by atoms with Crippen molar-refractivity contribution in [1.29, 1.82) is 0 Å². The lowest BCUT2D eigenvalue weighted by Gasteiger charge is -2.29. The molecular weight excluding hydrogens is 238 g/mol. The number of nitrogens with zero attached hydrogens (tertiary/aromatic N) is 1. The summed E-state index contributed by atoms with van der Waals surface area (Å²) in [6, 6.07) is 0. The van der Waals surface area contributed by atoms with Crippen LogP contribution in [0.15, 0.2) is 12.2 Å². The molecule has 1 aliphatic carbocycles. The molecule has 1 aliphatic rings. The third-order valence-corrected chi connectivity index (χ3v) is 2.87. The van der Waals surface area contributed by atoms with Crippen molar-refractivity contribution in [2.75, 3.05) is 27.2 Å². The fourth-order valence-electron chi connectivity index (χ4n) is 2.10. The molecule has 3 nitrogen and oxygen atoms in total. The molecular formula is C13H24ClNO2. The van der Waals surface area contributed by atoms with Gasteiger partial charge in [-0.3, -0.25) is 4.79 Å². The first-order valence-corrected chi connectivity index (χ1v) is 5.92. The first kappa shape index (κ1) is 16.6. The minimum absolute atomic E-state index is 0. The molecule has 2 unspecified atom stereocenters. The van der Waals surface area contributed by atoms with Gasteiger partial charge in [-0.25, -0.2) is 0 Å². The molecule has 0 bridgehead atoms. The highest BCUT2D eigenvalue weighted by Crippen LogP contribution is 2.24. The molecule has 0 amide bonds. The van der Waals surface area contributed by atoms with Crippen LogP contribution < -0.4 is 0 Å². The van der Waals surface area contributed by atoms with Gasteiger partial charge in [0, 0.05) is 18.9 Å². The fraction of sp³-hybridized carbons (Fsp3) is 0.769. The van der Waals surface area contributed by atoms with Crippen molar-refractivity contribution >= 4 is 18.2 Å². The summed E-state index contributed by atoms with van der Waals surface area (Å²) >= 11 is 0. The maximum absolute atomic E-state index is 11.7. The Hall–Kier alpha value is -0.380. The SMILES string of the molecule is C=C(C)COC1CCC(=O)C(CN(C)C)C1.Cl. The molecule has 0 saturated heterocycles. The van der Waals surface area contributed by atoms with E-state index in [0.717, 1.165) is 25.0 Å². The van der Waals surface area contributed by atoms with E-state index < -0.39 is 0 Å². The first-order valence-electron chi connectivity index (χ1n) is 5.92. The van der Waals surface area contributed by atoms with Crippen molar-refractivity contribution in [3.05, 3.63) is 12.2 Å². The van der Waals surface area contributed by atoms with Gasteiger partial charge in [0.25, 0.3) is 0 Å². The van der Waals surface area contributed by atoms with E-state index in [0.29, 0.717) is 18.8 Å². The van der Waals surface area contributed by atoms with Crippen LogP contribution in [0.3, 0.4) is 0 Å². The van der Waals surface area contributed by atoms with Crippen molar-refractivity contribution < 1.29 is 9.53 Å². The molecule has 1 fully saturated rings. The maximum atomic E-state index is 11.7. The Balaban J connectivity index is 0.00000256. The van der Waals surface area contributed by atoms with E-state index in [-0.39, 0.29) is 24.4 Å². The molecule has 0 aromatic heterocycles. The summed E-state index contributed by atoms with van der Waals surface area (Å²) in [4.78, 5) is 13.8. The number of ketones is 1. The highest BCUT2D eigenvalue weighted by atomic mass is 35.5. The summed E-state index contributed by atoms with van der Waals surface area (Å²) in [6.07, 6.45) is 2.64. The highest BCUT2D eigenvalue weighted by molar-refractivity contribution is 5.85. The Bertz CT molecular complexity index is 266. The van der Waals surface area contributed by atoms with Crippen LogP contribution in [0.1, 0.15) is 26.2 Å². The van der Waals surface area contributed by atoms with Crippen molar-refractivity contribution in [2.24, 2.45) is 5.92 Å². The molecule has 1 saturated carbocycles. The maximum Gasteiger partial charge on any atom is 0.137 e. The predicted octanol–water partition coefficient (Wildman–Crippen LogP) is 2.30. The van der Waals surface area contributed by atoms with Gasteiger partial charge in [0.1, 0.15) is 5.78 Å². The van der Waals surface area contributed by atoms with Crippen LogP contribution >= 0.6 is 12.4 Å². The van der Waals surface area contributed by atoms with Crippen LogP contribution in [0.2, 0.25) is 0 Å². The second kappa shape index (κ2) is 7.85. The number of carbonyl (C=O) groups is 1. The van der Waals surface area contributed by atoms with E-state index in [4.69, 9.17) is 4.74 Å². The Morgan fingerprint density at radius 2 is 2.18 bits per heavy atom. The predicted molar refractivity (Wildman–Crippen MR) is 72.7 cm³/mol. The summed E-state index contributed by atoms with van der Waals surface area (Å²) in [7, 11) is 4.01. The normalized spacial score (nSPS) is 24.6. The van der Waals surface area contributed by atoms with Gasteiger partial charge in [0.15, 0.2) is 0 Å². The topological polar surface area (TPSA) is 29.5 Å². The van der Waals surface area contributed by atoms with E-state index in [1.54, 1.807) is 0 Å². The van der Waals surface area contributed by atoms with Crippen LogP contribution in [0.25, 0.3) is 0 Å². The second-order valence-corrected chi connectivity index (χ2v) is 5.09. The Morgan fingerprint density at radius 1 is 1.53 bits per heavy atom. The van der Waals surface area contributed by atoms with Crippen LogP contribution in [-0.2, 0) is 9.53 Å². The molecule has 0 spiro atoms. The van der Waals surface area contributed by atoms with Crippen molar-refractivity contribution in [3.8, 4) is 0 Å². The monoisotopic (exact) mass is 261 g/mol. The number of carbonyl (C=O) groups excluding carboxylic acids is 1. The van der Waals surface area contributed by atoms with Crippen LogP contribution in [-0.4, -0.2) is 44.0 Å². The molecule has 4 heteroatoms. The zero-order valence-corrected chi connectivity index (χ0v) is 11.9. The number of hydrogen-bond donors (Lipinski definition) is 0. The molecule has 17 heavy (non-hydrogen) atoms. The standard InChI is InChI=1S/C13H23NO2.ClH/c1-10(2)9-16-12-5-6-13(15)11(7-12)8-14(3)4;/h11-12H,1,5-9H2,2-4H3;1H. The van der Waals surface area contributed by atoms with Gasteiger partial charge in [-0.2, -0.15) is 0 Å². The van der Waals surface area contributed by atoms with Gasteiger partial charge in [-0.1, -0.05) is 12.2 Å². The van der Waals surface area contributed by atoms with E-state index in [1.807, 2.05) is 21.0 Å². The van der Waals surface area contributed by atoms with E-state index >= 15 is 0 Å². The number of rotatable bonds is 5. The lowest BCUT2D eigenvalue weighted by molar-refractivity contribution is -0.128. The molecule has 0 aliphatic heterocycles. The minimum Gasteiger partial charge on any atom is -0.374 e. The largest absolute Gasteiger partial charge is 0.374 e. The van der Waals surface area contributed by atoms with Crippen LogP contribution in [0, 0.1) is 5.92 Å². The molecule has 100 valence electrons. The molecule has 0 radical (unpaired) electrons. The molecule has 0 aromatic carbocycles.